The van der Waals surface area contributed by atoms with Crippen molar-refractivity contribution in [1.82, 2.24) is 0 Å². The van der Waals surface area contributed by atoms with E-state index in [1.54, 1.807) is 5.56 Å². The van der Waals surface area contributed by atoms with Crippen LogP contribution in [0.1, 0.15) is 102 Å². The molecule has 0 saturated heterocycles. The molecular formula is C31H44O. The molecule has 174 valence electrons. The third-order valence-electron chi connectivity index (χ3n) is 8.33. The predicted octanol–water partition coefficient (Wildman–Crippen LogP) is 9.46. The van der Waals surface area contributed by atoms with Crippen molar-refractivity contribution in [2.24, 2.45) is 17.8 Å². The van der Waals surface area contributed by atoms with E-state index in [2.05, 4.69) is 43.3 Å². The largest absolute Gasteiger partial charge is 0.490 e. The van der Waals surface area contributed by atoms with E-state index in [0.717, 1.165) is 29.4 Å². The van der Waals surface area contributed by atoms with Crippen molar-refractivity contribution in [2.75, 3.05) is 6.61 Å². The molecule has 2 saturated carbocycles. The molecule has 0 bridgehead atoms. The summed E-state index contributed by atoms with van der Waals surface area (Å²) in [6, 6.07) is 13.7. The minimum Gasteiger partial charge on any atom is -0.490 e. The SMILES string of the molecule is C/C=C/COc1ccc2cc([C@@H]3CC[C@@H]4CC(CCCCCCC)CCC4C3)ccc2c1. The van der Waals surface area contributed by atoms with Crippen molar-refractivity contribution in [3.8, 4) is 5.75 Å². The molecule has 2 aliphatic carbocycles. The van der Waals surface area contributed by atoms with E-state index in [9.17, 15) is 0 Å². The number of fused-ring (bicyclic) bond motifs is 2. The standard InChI is InChI=1S/C31H44O/c1-3-5-7-8-9-10-24-11-12-26-21-27(14-13-25(26)20-24)28-15-16-30-23-31(32-19-6-4-2)18-17-29(30)22-28/h4,6,15-18,22-27H,3,5,7-14,19-21H2,1-2H3/b6-4+/t24?,25-,26?,27-/m1/s1. The number of unbranched alkanes of at least 4 members (excludes halogenated alkanes) is 4. The molecule has 0 aromatic heterocycles. The zero-order valence-corrected chi connectivity index (χ0v) is 20.5. The van der Waals surface area contributed by atoms with Crippen molar-refractivity contribution < 1.29 is 4.74 Å². The Labute approximate surface area is 196 Å². The molecule has 2 unspecified atom stereocenters. The predicted molar refractivity (Wildman–Crippen MR) is 139 cm³/mol. The average Bonchev–Trinajstić information content (AvgIpc) is 2.83. The lowest BCUT2D eigenvalue weighted by Gasteiger charge is -2.42. The fourth-order valence-corrected chi connectivity index (χ4v) is 6.41. The zero-order valence-electron chi connectivity index (χ0n) is 20.5. The van der Waals surface area contributed by atoms with Gasteiger partial charge in [-0.25, -0.2) is 0 Å². The lowest BCUT2D eigenvalue weighted by Crippen LogP contribution is -2.30. The van der Waals surface area contributed by atoms with Crippen LogP contribution in [0.5, 0.6) is 5.75 Å². The van der Waals surface area contributed by atoms with Gasteiger partial charge < -0.3 is 4.74 Å². The van der Waals surface area contributed by atoms with Gasteiger partial charge in [-0.15, -0.1) is 0 Å². The molecule has 2 aromatic rings. The van der Waals surface area contributed by atoms with Crippen LogP contribution in [0.15, 0.2) is 48.6 Å². The maximum atomic E-state index is 5.82. The van der Waals surface area contributed by atoms with Crippen LogP contribution in [0.25, 0.3) is 10.8 Å². The number of rotatable bonds is 10. The highest BCUT2D eigenvalue weighted by atomic mass is 16.5. The van der Waals surface area contributed by atoms with Crippen molar-refractivity contribution in [3.05, 3.63) is 54.1 Å². The average molecular weight is 433 g/mol. The van der Waals surface area contributed by atoms with Gasteiger partial charge in [-0.05, 0) is 91.2 Å². The van der Waals surface area contributed by atoms with Crippen LogP contribution >= 0.6 is 0 Å². The second-order valence-corrected chi connectivity index (χ2v) is 10.6. The monoisotopic (exact) mass is 432 g/mol. The molecule has 0 spiro atoms. The first-order valence-corrected chi connectivity index (χ1v) is 13.5. The lowest BCUT2D eigenvalue weighted by atomic mass is 9.63. The molecule has 1 heteroatoms. The molecule has 0 aliphatic heterocycles. The van der Waals surface area contributed by atoms with Gasteiger partial charge in [0.25, 0.3) is 0 Å². The summed E-state index contributed by atoms with van der Waals surface area (Å²) in [6.07, 6.45) is 21.5. The normalized spacial score (nSPS) is 25.8. The van der Waals surface area contributed by atoms with Gasteiger partial charge in [0.05, 0.1) is 0 Å². The highest BCUT2D eigenvalue weighted by Crippen LogP contribution is 2.48. The first kappa shape index (κ1) is 23.4. The second-order valence-electron chi connectivity index (χ2n) is 10.6. The molecule has 4 rings (SSSR count). The van der Waals surface area contributed by atoms with E-state index in [4.69, 9.17) is 4.74 Å². The number of hydrogen-bond donors (Lipinski definition) is 0. The minimum atomic E-state index is 0.643. The molecule has 0 N–H and O–H groups in total. The third-order valence-corrected chi connectivity index (χ3v) is 8.33. The number of benzene rings is 2. The smallest absolute Gasteiger partial charge is 0.120 e. The summed E-state index contributed by atoms with van der Waals surface area (Å²) in [5.74, 6) is 4.74. The van der Waals surface area contributed by atoms with E-state index in [0.29, 0.717) is 6.61 Å². The molecule has 2 aliphatic rings. The van der Waals surface area contributed by atoms with Crippen LogP contribution < -0.4 is 4.74 Å². The van der Waals surface area contributed by atoms with Gasteiger partial charge in [0.1, 0.15) is 12.4 Å². The third kappa shape index (κ3) is 6.18. The highest BCUT2D eigenvalue weighted by molar-refractivity contribution is 5.84. The van der Waals surface area contributed by atoms with Gasteiger partial charge in [0.15, 0.2) is 0 Å². The summed E-state index contributed by atoms with van der Waals surface area (Å²) in [5.41, 5.74) is 1.57. The molecule has 0 amide bonds. The van der Waals surface area contributed by atoms with E-state index in [1.165, 1.54) is 87.8 Å². The maximum absolute atomic E-state index is 5.82. The summed E-state index contributed by atoms with van der Waals surface area (Å²) in [5, 5.41) is 2.65. The Morgan fingerprint density at radius 2 is 1.62 bits per heavy atom. The van der Waals surface area contributed by atoms with Crippen molar-refractivity contribution in [2.45, 2.75) is 96.8 Å². The van der Waals surface area contributed by atoms with E-state index in [-0.39, 0.29) is 0 Å². The lowest BCUT2D eigenvalue weighted by molar-refractivity contribution is 0.113. The summed E-state index contributed by atoms with van der Waals surface area (Å²) in [6.45, 7) is 4.98. The quantitative estimate of drug-likeness (QED) is 0.268. The fraction of sp³-hybridized carbons (Fsp3) is 0.613. The van der Waals surface area contributed by atoms with Gasteiger partial charge in [-0.2, -0.15) is 0 Å². The molecule has 1 nitrogen and oxygen atoms in total. The summed E-state index contributed by atoms with van der Waals surface area (Å²) in [4.78, 5) is 0. The Morgan fingerprint density at radius 1 is 0.844 bits per heavy atom. The maximum Gasteiger partial charge on any atom is 0.120 e. The van der Waals surface area contributed by atoms with Crippen molar-refractivity contribution in [1.29, 1.82) is 0 Å². The molecule has 32 heavy (non-hydrogen) atoms. The van der Waals surface area contributed by atoms with Crippen molar-refractivity contribution in [3.63, 3.8) is 0 Å². The number of hydrogen-bond acceptors (Lipinski definition) is 1. The summed E-state index contributed by atoms with van der Waals surface area (Å²) < 4.78 is 5.82. The molecule has 2 fully saturated rings. The molecule has 4 atom stereocenters. The Balaban J connectivity index is 1.30. The van der Waals surface area contributed by atoms with Crippen LogP contribution in [-0.2, 0) is 0 Å². The number of ether oxygens (including phenoxy) is 1. The fourth-order valence-electron chi connectivity index (χ4n) is 6.41. The van der Waals surface area contributed by atoms with Crippen LogP contribution in [0, 0.1) is 17.8 Å². The van der Waals surface area contributed by atoms with Gasteiger partial charge in [-0.3, -0.25) is 0 Å². The van der Waals surface area contributed by atoms with Gasteiger partial charge in [0.2, 0.25) is 0 Å². The Hall–Kier alpha value is -1.76. The zero-order chi connectivity index (χ0) is 22.2. The molecule has 2 aromatic carbocycles. The Bertz CT molecular complexity index is 866. The summed E-state index contributed by atoms with van der Waals surface area (Å²) in [7, 11) is 0. The summed E-state index contributed by atoms with van der Waals surface area (Å²) >= 11 is 0. The highest BCUT2D eigenvalue weighted by Gasteiger charge is 2.35. The van der Waals surface area contributed by atoms with E-state index >= 15 is 0 Å². The van der Waals surface area contributed by atoms with Crippen LogP contribution in [-0.4, -0.2) is 6.61 Å². The van der Waals surface area contributed by atoms with Crippen LogP contribution in [0.2, 0.25) is 0 Å². The first-order valence-electron chi connectivity index (χ1n) is 13.5. The topological polar surface area (TPSA) is 9.23 Å². The first-order chi connectivity index (χ1) is 15.8. The second kappa shape index (κ2) is 11.9. The van der Waals surface area contributed by atoms with E-state index in [1.807, 2.05) is 19.1 Å². The van der Waals surface area contributed by atoms with Crippen LogP contribution in [0.3, 0.4) is 0 Å². The Kier molecular flexibility index (Phi) is 8.71. The molecular weight excluding hydrogens is 388 g/mol. The van der Waals surface area contributed by atoms with Gasteiger partial charge in [-0.1, -0.05) is 88.3 Å². The van der Waals surface area contributed by atoms with Crippen LogP contribution in [0.4, 0.5) is 0 Å². The van der Waals surface area contributed by atoms with Crippen molar-refractivity contribution >= 4 is 10.8 Å². The van der Waals surface area contributed by atoms with Gasteiger partial charge >= 0.3 is 0 Å². The van der Waals surface area contributed by atoms with Gasteiger partial charge in [0, 0.05) is 0 Å². The van der Waals surface area contributed by atoms with E-state index < -0.39 is 0 Å². The molecule has 0 radical (unpaired) electrons. The Morgan fingerprint density at radius 3 is 2.50 bits per heavy atom. The minimum absolute atomic E-state index is 0.643. The number of allylic oxidation sites excluding steroid dienone is 1. The molecule has 0 heterocycles.